The van der Waals surface area contributed by atoms with Crippen LogP contribution in [-0.2, 0) is 0 Å². The standard InChI is InChI=1S/C22H24BrN3O3S/c1-3-5-13-29-19-11-10-15(14-17(19)23)20(27)26-22(30)25-18-9-7-6-8-16(18)21(28)24-12-4-2/h4,6-11,14H,2-3,5,12-13H2,1H3,(H,24,28)(H2,25,26,27,30). The SMILES string of the molecule is C=CCNC(=O)c1ccccc1NC(=S)NC(=O)c1ccc(OCCCC)c(Br)c1. The molecule has 0 saturated heterocycles. The van der Waals surface area contributed by atoms with Crippen molar-refractivity contribution in [3.05, 3.63) is 70.7 Å². The lowest BCUT2D eigenvalue weighted by Gasteiger charge is -2.14. The van der Waals surface area contributed by atoms with E-state index in [0.717, 1.165) is 12.8 Å². The molecular weight excluding hydrogens is 466 g/mol. The van der Waals surface area contributed by atoms with Gasteiger partial charge >= 0.3 is 0 Å². The summed E-state index contributed by atoms with van der Waals surface area (Å²) in [6.07, 6.45) is 3.60. The Morgan fingerprint density at radius 1 is 1.20 bits per heavy atom. The molecule has 0 unspecified atom stereocenters. The molecule has 158 valence electrons. The molecule has 0 aromatic heterocycles. The van der Waals surface area contributed by atoms with Gasteiger partial charge in [-0.2, -0.15) is 0 Å². The number of carbonyl (C=O) groups is 2. The van der Waals surface area contributed by atoms with Gasteiger partial charge in [0, 0.05) is 12.1 Å². The number of rotatable bonds is 9. The maximum atomic E-state index is 12.5. The van der Waals surface area contributed by atoms with Crippen molar-refractivity contribution in [2.75, 3.05) is 18.5 Å². The fourth-order valence-corrected chi connectivity index (χ4v) is 3.16. The van der Waals surface area contributed by atoms with Crippen molar-refractivity contribution in [2.24, 2.45) is 0 Å². The van der Waals surface area contributed by atoms with E-state index in [2.05, 4.69) is 45.4 Å². The molecule has 2 amide bonds. The van der Waals surface area contributed by atoms with Crippen LogP contribution in [0.4, 0.5) is 5.69 Å². The van der Waals surface area contributed by atoms with Crippen molar-refractivity contribution in [1.82, 2.24) is 10.6 Å². The van der Waals surface area contributed by atoms with Gasteiger partial charge in [-0.05, 0) is 64.9 Å². The van der Waals surface area contributed by atoms with Gasteiger partial charge in [0.25, 0.3) is 11.8 Å². The molecular formula is C22H24BrN3O3S. The monoisotopic (exact) mass is 489 g/mol. The third kappa shape index (κ3) is 6.96. The Morgan fingerprint density at radius 2 is 1.97 bits per heavy atom. The van der Waals surface area contributed by atoms with Crippen molar-refractivity contribution < 1.29 is 14.3 Å². The zero-order chi connectivity index (χ0) is 21.9. The molecule has 8 heteroatoms. The highest BCUT2D eigenvalue weighted by Gasteiger charge is 2.14. The number of unbranched alkanes of at least 4 members (excludes halogenated alkanes) is 1. The van der Waals surface area contributed by atoms with Gasteiger partial charge in [-0.15, -0.1) is 6.58 Å². The molecule has 0 aliphatic carbocycles. The number of para-hydroxylation sites is 1. The van der Waals surface area contributed by atoms with Crippen LogP contribution < -0.4 is 20.7 Å². The molecule has 2 aromatic carbocycles. The highest BCUT2D eigenvalue weighted by atomic mass is 79.9. The van der Waals surface area contributed by atoms with E-state index in [0.29, 0.717) is 40.2 Å². The summed E-state index contributed by atoms with van der Waals surface area (Å²) in [4.78, 5) is 24.8. The Labute approximate surface area is 190 Å². The zero-order valence-electron chi connectivity index (χ0n) is 16.7. The average Bonchev–Trinajstić information content (AvgIpc) is 2.73. The minimum atomic E-state index is -0.373. The van der Waals surface area contributed by atoms with Crippen molar-refractivity contribution in [1.29, 1.82) is 0 Å². The van der Waals surface area contributed by atoms with Crippen LogP contribution in [0.15, 0.2) is 59.6 Å². The summed E-state index contributed by atoms with van der Waals surface area (Å²) >= 11 is 8.68. The molecule has 0 bridgehead atoms. The van der Waals surface area contributed by atoms with Gasteiger partial charge in [0.2, 0.25) is 0 Å². The lowest BCUT2D eigenvalue weighted by Crippen LogP contribution is -2.35. The van der Waals surface area contributed by atoms with Crippen LogP contribution in [0, 0.1) is 0 Å². The van der Waals surface area contributed by atoms with Gasteiger partial charge in [-0.1, -0.05) is 31.6 Å². The molecule has 0 heterocycles. The summed E-state index contributed by atoms with van der Waals surface area (Å²) in [6.45, 7) is 6.64. The predicted molar refractivity (Wildman–Crippen MR) is 127 cm³/mol. The third-order valence-corrected chi connectivity index (χ3v) is 4.83. The molecule has 2 rings (SSSR count). The van der Waals surface area contributed by atoms with E-state index in [-0.39, 0.29) is 16.9 Å². The number of carbonyl (C=O) groups excluding carboxylic acids is 2. The van der Waals surface area contributed by atoms with Crippen LogP contribution in [0.2, 0.25) is 0 Å². The molecule has 0 saturated carbocycles. The van der Waals surface area contributed by atoms with Crippen LogP contribution in [0.1, 0.15) is 40.5 Å². The molecule has 0 aliphatic heterocycles. The molecule has 30 heavy (non-hydrogen) atoms. The zero-order valence-corrected chi connectivity index (χ0v) is 19.1. The molecule has 0 radical (unpaired) electrons. The van der Waals surface area contributed by atoms with Crippen LogP contribution in [0.3, 0.4) is 0 Å². The van der Waals surface area contributed by atoms with Gasteiger partial charge in [-0.25, -0.2) is 0 Å². The number of nitrogens with one attached hydrogen (secondary N) is 3. The number of ether oxygens (including phenoxy) is 1. The van der Waals surface area contributed by atoms with E-state index in [9.17, 15) is 9.59 Å². The second-order valence-corrected chi connectivity index (χ2v) is 7.56. The van der Waals surface area contributed by atoms with Crippen molar-refractivity contribution in [3.8, 4) is 5.75 Å². The van der Waals surface area contributed by atoms with Crippen LogP contribution >= 0.6 is 28.1 Å². The summed E-state index contributed by atoms with van der Waals surface area (Å²) in [5.41, 5.74) is 1.32. The lowest BCUT2D eigenvalue weighted by atomic mass is 10.1. The molecule has 0 spiro atoms. The Balaban J connectivity index is 2.02. The van der Waals surface area contributed by atoms with Gasteiger partial charge in [0.1, 0.15) is 5.75 Å². The van der Waals surface area contributed by atoms with Crippen molar-refractivity contribution in [3.63, 3.8) is 0 Å². The van der Waals surface area contributed by atoms with Crippen molar-refractivity contribution >= 4 is 50.8 Å². The van der Waals surface area contributed by atoms with E-state index >= 15 is 0 Å². The summed E-state index contributed by atoms with van der Waals surface area (Å²) in [5, 5.41) is 8.33. The number of amides is 2. The minimum Gasteiger partial charge on any atom is -0.492 e. The second-order valence-electron chi connectivity index (χ2n) is 6.30. The van der Waals surface area contributed by atoms with Gasteiger partial charge in [0.15, 0.2) is 5.11 Å². The lowest BCUT2D eigenvalue weighted by molar-refractivity contribution is 0.0956. The first kappa shape index (κ1) is 23.6. The van der Waals surface area contributed by atoms with Gasteiger partial charge < -0.3 is 15.4 Å². The predicted octanol–water partition coefficient (Wildman–Crippen LogP) is 4.67. The van der Waals surface area contributed by atoms with Crippen LogP contribution in [0.25, 0.3) is 0 Å². The summed E-state index contributed by atoms with van der Waals surface area (Å²) in [5.74, 6) is 0.0387. The number of thiocarbonyl (C=S) groups is 1. The fraction of sp³-hybridized carbons (Fsp3) is 0.227. The molecule has 0 fully saturated rings. The smallest absolute Gasteiger partial charge is 0.257 e. The maximum Gasteiger partial charge on any atom is 0.257 e. The molecule has 3 N–H and O–H groups in total. The van der Waals surface area contributed by atoms with Gasteiger partial charge in [-0.3, -0.25) is 14.9 Å². The molecule has 0 atom stereocenters. The van der Waals surface area contributed by atoms with E-state index in [1.54, 1.807) is 48.5 Å². The first-order chi connectivity index (χ1) is 14.5. The molecule has 0 aliphatic rings. The maximum absolute atomic E-state index is 12.5. The number of anilines is 1. The Morgan fingerprint density at radius 3 is 2.67 bits per heavy atom. The normalized spacial score (nSPS) is 10.1. The topological polar surface area (TPSA) is 79.5 Å². The van der Waals surface area contributed by atoms with E-state index in [1.807, 2.05) is 0 Å². The van der Waals surface area contributed by atoms with E-state index < -0.39 is 0 Å². The largest absolute Gasteiger partial charge is 0.492 e. The first-order valence-electron chi connectivity index (χ1n) is 9.49. The average molecular weight is 490 g/mol. The molecule has 2 aromatic rings. The number of halogens is 1. The molecule has 6 nitrogen and oxygen atoms in total. The van der Waals surface area contributed by atoms with Crippen molar-refractivity contribution in [2.45, 2.75) is 19.8 Å². The van der Waals surface area contributed by atoms with E-state index in [4.69, 9.17) is 17.0 Å². The summed E-state index contributed by atoms with van der Waals surface area (Å²) in [7, 11) is 0. The van der Waals surface area contributed by atoms with Crippen LogP contribution in [0.5, 0.6) is 5.75 Å². The second kappa shape index (κ2) is 12.1. The Hall–Kier alpha value is -2.71. The first-order valence-corrected chi connectivity index (χ1v) is 10.7. The number of hydrogen-bond acceptors (Lipinski definition) is 4. The van der Waals surface area contributed by atoms with Crippen LogP contribution in [-0.4, -0.2) is 30.1 Å². The Bertz CT molecular complexity index is 934. The highest BCUT2D eigenvalue weighted by Crippen LogP contribution is 2.26. The Kier molecular flexibility index (Phi) is 9.50. The highest BCUT2D eigenvalue weighted by molar-refractivity contribution is 9.10. The summed E-state index contributed by atoms with van der Waals surface area (Å²) < 4.78 is 6.36. The fourth-order valence-electron chi connectivity index (χ4n) is 2.46. The number of hydrogen-bond donors (Lipinski definition) is 3. The number of benzene rings is 2. The van der Waals surface area contributed by atoms with E-state index in [1.165, 1.54) is 0 Å². The minimum absolute atomic E-state index is 0.0864. The summed E-state index contributed by atoms with van der Waals surface area (Å²) in [6, 6.07) is 12.0. The third-order valence-electron chi connectivity index (χ3n) is 4.00. The van der Waals surface area contributed by atoms with Gasteiger partial charge in [0.05, 0.1) is 22.3 Å². The quantitative estimate of drug-likeness (QED) is 0.271.